The summed E-state index contributed by atoms with van der Waals surface area (Å²) in [4.78, 5) is 11.0. The van der Waals surface area contributed by atoms with Crippen LogP contribution in [-0.4, -0.2) is 24.7 Å². The van der Waals surface area contributed by atoms with E-state index in [0.717, 1.165) is 25.7 Å². The molecule has 0 aromatic carbocycles. The van der Waals surface area contributed by atoms with Gasteiger partial charge < -0.3 is 0 Å². The zero-order valence-electron chi connectivity index (χ0n) is 12.6. The third-order valence-electron chi connectivity index (χ3n) is 3.99. The third kappa shape index (κ3) is 4.07. The fourth-order valence-electron chi connectivity index (χ4n) is 2.77. The lowest BCUT2D eigenvalue weighted by molar-refractivity contribution is 0.511. The first-order valence-electron chi connectivity index (χ1n) is 7.71. The number of hydrogen-bond acceptors (Lipinski definition) is 5. The Morgan fingerprint density at radius 2 is 1.91 bits per heavy atom. The predicted molar refractivity (Wildman–Crippen MR) is 90.0 cm³/mol. The van der Waals surface area contributed by atoms with Crippen molar-refractivity contribution in [2.45, 2.75) is 48.8 Å². The van der Waals surface area contributed by atoms with Crippen LogP contribution in [0.3, 0.4) is 0 Å². The highest BCUT2D eigenvalue weighted by Gasteiger charge is 2.23. The van der Waals surface area contributed by atoms with Crippen LogP contribution in [0.5, 0.6) is 0 Å². The van der Waals surface area contributed by atoms with Gasteiger partial charge in [0.15, 0.2) is 0 Å². The van der Waals surface area contributed by atoms with Gasteiger partial charge in [-0.05, 0) is 25.0 Å². The van der Waals surface area contributed by atoms with Crippen LogP contribution in [0.2, 0.25) is 0 Å². The molecule has 2 heterocycles. The van der Waals surface area contributed by atoms with Crippen LogP contribution in [0.25, 0.3) is 11.3 Å². The Bertz CT molecular complexity index is 798. The zero-order valence-corrected chi connectivity index (χ0v) is 14.3. The van der Waals surface area contributed by atoms with Gasteiger partial charge in [-0.15, -0.1) is 11.3 Å². The molecule has 0 unspecified atom stereocenters. The highest BCUT2D eigenvalue weighted by Crippen LogP contribution is 2.27. The molecular weight excluding hydrogens is 334 g/mol. The molecule has 6 nitrogen and oxygen atoms in total. The number of H-pyrrole nitrogens is 1. The second-order valence-corrected chi connectivity index (χ2v) is 8.62. The fraction of sp³-hybridized carbons (Fsp3) is 0.467. The summed E-state index contributed by atoms with van der Waals surface area (Å²) in [6, 6.07) is 4.58. The number of rotatable bonds is 4. The van der Waals surface area contributed by atoms with E-state index in [2.05, 4.69) is 14.9 Å². The molecule has 1 saturated carbocycles. The van der Waals surface area contributed by atoms with E-state index in [9.17, 15) is 13.2 Å². The van der Waals surface area contributed by atoms with Crippen molar-refractivity contribution in [3.05, 3.63) is 33.9 Å². The molecule has 0 radical (unpaired) electrons. The summed E-state index contributed by atoms with van der Waals surface area (Å²) in [5, 5.41) is 8.02. The maximum absolute atomic E-state index is 12.5. The van der Waals surface area contributed by atoms with Gasteiger partial charge in [-0.3, -0.25) is 4.79 Å². The molecule has 0 spiro atoms. The first kappa shape index (κ1) is 16.4. The molecule has 124 valence electrons. The third-order valence-corrected chi connectivity index (χ3v) is 6.95. The minimum absolute atomic E-state index is 0.0271. The number of nitrogens with zero attached hydrogens (tertiary/aromatic N) is 1. The summed E-state index contributed by atoms with van der Waals surface area (Å²) in [5.41, 5.74) is 0.955. The summed E-state index contributed by atoms with van der Waals surface area (Å²) in [7, 11) is -3.50. The molecule has 0 saturated heterocycles. The summed E-state index contributed by atoms with van der Waals surface area (Å²) < 4.78 is 28.2. The van der Waals surface area contributed by atoms with Gasteiger partial charge in [0.1, 0.15) is 4.21 Å². The Balaban J connectivity index is 1.78. The molecule has 8 heteroatoms. The van der Waals surface area contributed by atoms with E-state index in [1.54, 1.807) is 17.5 Å². The number of aromatic nitrogens is 2. The van der Waals surface area contributed by atoms with E-state index < -0.39 is 10.0 Å². The van der Waals surface area contributed by atoms with Crippen molar-refractivity contribution in [1.29, 1.82) is 0 Å². The Morgan fingerprint density at radius 3 is 2.57 bits per heavy atom. The molecule has 0 atom stereocenters. The Labute approximate surface area is 139 Å². The Kier molecular flexibility index (Phi) is 4.93. The first-order valence-corrected chi connectivity index (χ1v) is 10.1. The Morgan fingerprint density at radius 1 is 1.17 bits per heavy atom. The zero-order chi connectivity index (χ0) is 16.3. The molecule has 1 aliphatic rings. The second kappa shape index (κ2) is 6.94. The number of sulfonamides is 1. The minimum atomic E-state index is -3.50. The van der Waals surface area contributed by atoms with Gasteiger partial charge in [0.25, 0.3) is 5.56 Å². The number of aromatic amines is 1. The lowest BCUT2D eigenvalue weighted by Gasteiger charge is -2.15. The normalized spacial score (nSPS) is 17.0. The number of nitrogens with one attached hydrogen (secondary N) is 2. The summed E-state index contributed by atoms with van der Waals surface area (Å²) >= 11 is 1.17. The molecule has 0 bridgehead atoms. The van der Waals surface area contributed by atoms with Crippen LogP contribution in [0.15, 0.2) is 32.6 Å². The van der Waals surface area contributed by atoms with Gasteiger partial charge in [-0.2, -0.15) is 5.10 Å². The van der Waals surface area contributed by atoms with Gasteiger partial charge in [0.05, 0.1) is 5.69 Å². The van der Waals surface area contributed by atoms with Crippen LogP contribution in [0.1, 0.15) is 38.5 Å². The van der Waals surface area contributed by atoms with Crippen LogP contribution in [0, 0.1) is 0 Å². The van der Waals surface area contributed by atoms with Gasteiger partial charge in [0, 0.05) is 23.1 Å². The molecule has 3 rings (SSSR count). The monoisotopic (exact) mass is 353 g/mol. The average molecular weight is 353 g/mol. The fourth-order valence-corrected chi connectivity index (χ4v) is 5.27. The van der Waals surface area contributed by atoms with E-state index in [0.29, 0.717) is 11.3 Å². The maximum Gasteiger partial charge on any atom is 0.264 e. The predicted octanol–water partition coefficient (Wildman–Crippen LogP) is 2.50. The first-order chi connectivity index (χ1) is 11.0. The van der Waals surface area contributed by atoms with Crippen molar-refractivity contribution in [3.8, 4) is 11.3 Å². The average Bonchev–Trinajstić information content (AvgIpc) is 2.89. The van der Waals surface area contributed by atoms with Crippen LogP contribution in [-0.2, 0) is 10.0 Å². The largest absolute Gasteiger partial charge is 0.268 e. The second-order valence-electron chi connectivity index (χ2n) is 5.77. The molecule has 2 N–H and O–H groups in total. The molecule has 0 amide bonds. The molecule has 1 fully saturated rings. The maximum atomic E-state index is 12.5. The highest BCUT2D eigenvalue weighted by molar-refractivity contribution is 7.91. The van der Waals surface area contributed by atoms with Crippen LogP contribution < -0.4 is 10.3 Å². The minimum Gasteiger partial charge on any atom is -0.268 e. The van der Waals surface area contributed by atoms with Crippen LogP contribution in [0.4, 0.5) is 0 Å². The van der Waals surface area contributed by atoms with Crippen molar-refractivity contribution < 1.29 is 8.42 Å². The van der Waals surface area contributed by atoms with Gasteiger partial charge >= 0.3 is 0 Å². The van der Waals surface area contributed by atoms with Crippen molar-refractivity contribution >= 4 is 21.4 Å². The number of hydrogen-bond donors (Lipinski definition) is 2. The summed E-state index contributed by atoms with van der Waals surface area (Å²) in [5.74, 6) is 0. The van der Waals surface area contributed by atoms with E-state index in [1.165, 1.54) is 30.2 Å². The van der Waals surface area contributed by atoms with Crippen molar-refractivity contribution in [1.82, 2.24) is 14.9 Å². The van der Waals surface area contributed by atoms with E-state index in [4.69, 9.17) is 0 Å². The summed E-state index contributed by atoms with van der Waals surface area (Å²) in [6.45, 7) is 0. The van der Waals surface area contributed by atoms with Crippen molar-refractivity contribution in [2.75, 3.05) is 0 Å². The highest BCUT2D eigenvalue weighted by atomic mass is 32.2. The van der Waals surface area contributed by atoms with E-state index >= 15 is 0 Å². The van der Waals surface area contributed by atoms with Gasteiger partial charge in [-0.25, -0.2) is 18.2 Å². The SMILES string of the molecule is O=c1ccc(-c2csc(S(=O)(=O)NC3CCCCCC3)c2)n[nH]1. The molecule has 0 aliphatic heterocycles. The molecule has 1 aliphatic carbocycles. The quantitative estimate of drug-likeness (QED) is 0.826. The molecular formula is C15H19N3O3S2. The standard InChI is InChI=1S/C15H19N3O3S2/c19-14-8-7-13(16-17-14)11-9-15(22-10-11)23(20,21)18-12-5-3-1-2-4-6-12/h7-10,12,18H,1-6H2,(H,17,19). The van der Waals surface area contributed by atoms with E-state index in [-0.39, 0.29) is 15.8 Å². The molecule has 2 aromatic rings. The number of thiophene rings is 1. The lowest BCUT2D eigenvalue weighted by atomic mass is 10.1. The lowest BCUT2D eigenvalue weighted by Crippen LogP contribution is -2.33. The Hall–Kier alpha value is -1.51. The smallest absolute Gasteiger partial charge is 0.264 e. The van der Waals surface area contributed by atoms with Crippen molar-refractivity contribution in [3.63, 3.8) is 0 Å². The van der Waals surface area contributed by atoms with Crippen LogP contribution >= 0.6 is 11.3 Å². The molecule has 23 heavy (non-hydrogen) atoms. The van der Waals surface area contributed by atoms with E-state index in [1.807, 2.05) is 0 Å². The van der Waals surface area contributed by atoms with Crippen molar-refractivity contribution in [2.24, 2.45) is 0 Å². The van der Waals surface area contributed by atoms with Gasteiger partial charge in [0.2, 0.25) is 10.0 Å². The topological polar surface area (TPSA) is 91.9 Å². The van der Waals surface area contributed by atoms with Gasteiger partial charge in [-0.1, -0.05) is 25.7 Å². The summed E-state index contributed by atoms with van der Waals surface area (Å²) in [6.07, 6.45) is 6.31. The molecule has 2 aromatic heterocycles.